The Hall–Kier alpha value is -2.51. The van der Waals surface area contributed by atoms with Gasteiger partial charge in [0.05, 0.1) is 18.2 Å². The number of aliphatic hydroxyl groups excluding tert-OH is 1. The van der Waals surface area contributed by atoms with Crippen LogP contribution in [0.15, 0.2) is 47.4 Å². The van der Waals surface area contributed by atoms with E-state index in [9.17, 15) is 19.1 Å². The van der Waals surface area contributed by atoms with Crippen LogP contribution in [0.5, 0.6) is 0 Å². The van der Waals surface area contributed by atoms with Gasteiger partial charge in [0, 0.05) is 24.1 Å². The average molecular weight is 361 g/mol. The third kappa shape index (κ3) is 3.20. The smallest absolute Gasteiger partial charge is 0.295 e. The van der Waals surface area contributed by atoms with Crippen LogP contribution < -0.4 is 0 Å². The zero-order valence-electron chi connectivity index (χ0n) is 13.4. The van der Waals surface area contributed by atoms with Crippen LogP contribution in [0, 0.1) is 5.82 Å². The summed E-state index contributed by atoms with van der Waals surface area (Å²) in [6.07, 6.45) is 0. The first kappa shape index (κ1) is 17.3. The van der Waals surface area contributed by atoms with Crippen LogP contribution in [0.2, 0.25) is 0 Å². The van der Waals surface area contributed by atoms with Crippen molar-refractivity contribution in [2.75, 3.05) is 20.3 Å². The molecule has 1 atom stereocenters. The molecule has 130 valence electrons. The van der Waals surface area contributed by atoms with Crippen LogP contribution >= 0.6 is 11.3 Å². The lowest BCUT2D eigenvalue weighted by Gasteiger charge is -2.23. The molecule has 1 aliphatic rings. The van der Waals surface area contributed by atoms with Crippen LogP contribution in [-0.4, -0.2) is 42.0 Å². The van der Waals surface area contributed by atoms with Gasteiger partial charge in [-0.05, 0) is 35.7 Å². The molecular weight excluding hydrogens is 345 g/mol. The van der Waals surface area contributed by atoms with Crippen molar-refractivity contribution in [2.24, 2.45) is 0 Å². The van der Waals surface area contributed by atoms with Crippen molar-refractivity contribution in [3.05, 3.63) is 63.6 Å². The molecule has 2 heterocycles. The average Bonchev–Trinajstić information content (AvgIpc) is 3.21. The van der Waals surface area contributed by atoms with E-state index in [-0.39, 0.29) is 30.0 Å². The summed E-state index contributed by atoms with van der Waals surface area (Å²) >= 11 is 1.39. The molecular formula is C18H16FNO4S. The minimum atomic E-state index is -0.753. The molecule has 5 nitrogen and oxygen atoms in total. The SMILES string of the molecule is COCCN1C(=O)C(=O)/C(=C(\O)c2ccc(F)cc2)C1c1cccs1. The van der Waals surface area contributed by atoms with E-state index in [1.807, 2.05) is 11.4 Å². The van der Waals surface area contributed by atoms with E-state index in [4.69, 9.17) is 4.74 Å². The number of rotatable bonds is 5. The minimum Gasteiger partial charge on any atom is -0.507 e. The summed E-state index contributed by atoms with van der Waals surface area (Å²) < 4.78 is 18.2. The van der Waals surface area contributed by atoms with E-state index >= 15 is 0 Å². The molecule has 0 spiro atoms. The van der Waals surface area contributed by atoms with Crippen molar-refractivity contribution < 1.29 is 23.8 Å². The zero-order chi connectivity index (χ0) is 18.0. The molecule has 7 heteroatoms. The number of carbonyl (C=O) groups excluding carboxylic acids is 2. The van der Waals surface area contributed by atoms with Gasteiger partial charge in [-0.2, -0.15) is 0 Å². The number of Topliss-reactive ketones (excluding diaryl/α,β-unsaturated/α-hetero) is 1. The van der Waals surface area contributed by atoms with E-state index in [0.29, 0.717) is 0 Å². The number of aliphatic hydroxyl groups is 1. The Balaban J connectivity index is 2.11. The second-order valence-electron chi connectivity index (χ2n) is 5.51. The Labute approximate surface area is 148 Å². The van der Waals surface area contributed by atoms with Crippen molar-refractivity contribution in [2.45, 2.75) is 6.04 Å². The zero-order valence-corrected chi connectivity index (χ0v) is 14.3. The van der Waals surface area contributed by atoms with E-state index < -0.39 is 23.5 Å². The fraction of sp³-hybridized carbons (Fsp3) is 0.222. The number of benzene rings is 1. The van der Waals surface area contributed by atoms with E-state index in [2.05, 4.69) is 0 Å². The fourth-order valence-electron chi connectivity index (χ4n) is 2.81. The van der Waals surface area contributed by atoms with Gasteiger partial charge in [-0.25, -0.2) is 4.39 Å². The lowest BCUT2D eigenvalue weighted by atomic mass is 10.00. The highest BCUT2D eigenvalue weighted by Gasteiger charge is 2.46. The van der Waals surface area contributed by atoms with Crippen LogP contribution in [-0.2, 0) is 14.3 Å². The highest BCUT2D eigenvalue weighted by Crippen LogP contribution is 2.40. The maximum Gasteiger partial charge on any atom is 0.295 e. The van der Waals surface area contributed by atoms with Gasteiger partial charge < -0.3 is 14.7 Å². The Kier molecular flexibility index (Phi) is 4.96. The number of likely N-dealkylation sites (tertiary alicyclic amines) is 1. The third-order valence-electron chi connectivity index (χ3n) is 4.01. The summed E-state index contributed by atoms with van der Waals surface area (Å²) in [6, 6.07) is 8.07. The molecule has 1 saturated heterocycles. The summed E-state index contributed by atoms with van der Waals surface area (Å²) in [4.78, 5) is 27.1. The predicted octanol–water partition coefficient (Wildman–Crippen LogP) is 2.96. The number of hydrogen-bond acceptors (Lipinski definition) is 5. The summed E-state index contributed by atoms with van der Waals surface area (Å²) in [6.45, 7) is 0.495. The van der Waals surface area contributed by atoms with Gasteiger partial charge >= 0.3 is 0 Å². The number of ketones is 1. The first-order valence-electron chi connectivity index (χ1n) is 7.61. The van der Waals surface area contributed by atoms with Gasteiger partial charge in [-0.1, -0.05) is 6.07 Å². The molecule has 0 saturated carbocycles. The molecule has 0 aliphatic carbocycles. The van der Waals surface area contributed by atoms with E-state index in [0.717, 1.165) is 4.88 Å². The van der Waals surface area contributed by atoms with Crippen molar-refractivity contribution in [3.63, 3.8) is 0 Å². The van der Waals surface area contributed by atoms with Gasteiger partial charge in [0.15, 0.2) is 0 Å². The number of amides is 1. The number of thiophene rings is 1. The van der Waals surface area contributed by atoms with Crippen molar-refractivity contribution >= 4 is 28.8 Å². The number of hydrogen-bond donors (Lipinski definition) is 1. The molecule has 1 unspecified atom stereocenters. The van der Waals surface area contributed by atoms with Crippen molar-refractivity contribution in [3.8, 4) is 0 Å². The second-order valence-corrected chi connectivity index (χ2v) is 6.49. The summed E-state index contributed by atoms with van der Waals surface area (Å²) in [5.41, 5.74) is 0.294. The molecule has 25 heavy (non-hydrogen) atoms. The van der Waals surface area contributed by atoms with Crippen molar-refractivity contribution in [1.82, 2.24) is 4.90 Å². The molecule has 1 amide bonds. The normalized spacial score (nSPS) is 19.6. The summed E-state index contributed by atoms with van der Waals surface area (Å²) in [5.74, 6) is -2.20. The van der Waals surface area contributed by atoms with E-state index in [1.54, 1.807) is 6.07 Å². The maximum atomic E-state index is 13.1. The van der Waals surface area contributed by atoms with Crippen LogP contribution in [0.1, 0.15) is 16.5 Å². The second kappa shape index (κ2) is 7.16. The summed E-state index contributed by atoms with van der Waals surface area (Å²) in [5, 5.41) is 12.5. The molecule has 2 aromatic rings. The maximum absolute atomic E-state index is 13.1. The van der Waals surface area contributed by atoms with Gasteiger partial charge in [0.25, 0.3) is 11.7 Å². The van der Waals surface area contributed by atoms with Gasteiger partial charge in [-0.15, -0.1) is 11.3 Å². The van der Waals surface area contributed by atoms with Crippen LogP contribution in [0.4, 0.5) is 4.39 Å². The van der Waals surface area contributed by atoms with Crippen LogP contribution in [0.3, 0.4) is 0 Å². The highest BCUT2D eigenvalue weighted by molar-refractivity contribution is 7.10. The molecule has 0 bridgehead atoms. The number of nitrogens with zero attached hydrogens (tertiary/aromatic N) is 1. The fourth-order valence-corrected chi connectivity index (χ4v) is 3.65. The minimum absolute atomic E-state index is 0.00941. The number of methoxy groups -OCH3 is 1. The van der Waals surface area contributed by atoms with Crippen molar-refractivity contribution in [1.29, 1.82) is 0 Å². The lowest BCUT2D eigenvalue weighted by molar-refractivity contribution is -0.140. The molecule has 1 aromatic carbocycles. The van der Waals surface area contributed by atoms with Gasteiger partial charge in [0.1, 0.15) is 11.6 Å². The summed E-state index contributed by atoms with van der Waals surface area (Å²) in [7, 11) is 1.51. The highest BCUT2D eigenvalue weighted by atomic mass is 32.1. The topological polar surface area (TPSA) is 66.8 Å². The molecule has 1 fully saturated rings. The Morgan fingerprint density at radius 1 is 1.28 bits per heavy atom. The first-order chi connectivity index (χ1) is 12.0. The Bertz CT molecular complexity index is 814. The molecule has 3 rings (SSSR count). The molecule has 0 radical (unpaired) electrons. The van der Waals surface area contributed by atoms with Crippen LogP contribution in [0.25, 0.3) is 5.76 Å². The molecule has 1 aromatic heterocycles. The number of halogens is 1. The van der Waals surface area contributed by atoms with Gasteiger partial charge in [-0.3, -0.25) is 9.59 Å². The first-order valence-corrected chi connectivity index (χ1v) is 8.49. The van der Waals surface area contributed by atoms with Gasteiger partial charge in [0.2, 0.25) is 0 Å². The third-order valence-corrected chi connectivity index (χ3v) is 4.93. The van der Waals surface area contributed by atoms with E-state index in [1.165, 1.54) is 47.6 Å². The molecule has 1 N–H and O–H groups in total. The molecule has 1 aliphatic heterocycles. The number of ether oxygens (including phenoxy) is 1. The number of carbonyl (C=O) groups is 2. The predicted molar refractivity (Wildman–Crippen MR) is 91.6 cm³/mol. The lowest BCUT2D eigenvalue weighted by Crippen LogP contribution is -2.32. The largest absolute Gasteiger partial charge is 0.507 e. The Morgan fingerprint density at radius 2 is 2.00 bits per heavy atom. The Morgan fingerprint density at radius 3 is 2.60 bits per heavy atom. The standard InChI is InChI=1S/C18H16FNO4S/c1-24-9-8-20-15(13-3-2-10-25-13)14(17(22)18(20)23)16(21)11-4-6-12(19)7-5-11/h2-7,10,15,21H,8-9H2,1H3/b16-14-. The quantitative estimate of drug-likeness (QED) is 0.505. The monoisotopic (exact) mass is 361 g/mol.